The summed E-state index contributed by atoms with van der Waals surface area (Å²) in [6.07, 6.45) is 2.25. The fraction of sp³-hybridized carbons (Fsp3) is 0.217. The molecule has 2 heterocycles. The number of hydrogen-bond donors (Lipinski definition) is 1. The van der Waals surface area contributed by atoms with E-state index in [0.29, 0.717) is 11.4 Å². The number of alkyl halides is 2. The fourth-order valence-corrected chi connectivity index (χ4v) is 3.53. The number of para-hydroxylation sites is 1. The summed E-state index contributed by atoms with van der Waals surface area (Å²) in [7, 11) is 0. The second kappa shape index (κ2) is 8.78. The predicted molar refractivity (Wildman–Crippen MR) is 118 cm³/mol. The van der Waals surface area contributed by atoms with Crippen LogP contribution in [0.1, 0.15) is 18.5 Å². The van der Waals surface area contributed by atoms with Crippen LogP contribution in [0, 0.1) is 11.2 Å². The van der Waals surface area contributed by atoms with Crippen LogP contribution >= 0.6 is 0 Å². The molecule has 4 rings (SSSR count). The normalized spacial score (nSPS) is 15.7. The molecule has 0 aliphatic carbocycles. The van der Waals surface area contributed by atoms with E-state index in [-0.39, 0.29) is 36.5 Å². The lowest BCUT2D eigenvalue weighted by Gasteiger charge is -2.19. The van der Waals surface area contributed by atoms with Gasteiger partial charge in [-0.1, -0.05) is 18.2 Å². The smallest absolute Gasteiger partial charge is 0.266 e. The van der Waals surface area contributed by atoms with Crippen LogP contribution in [0.4, 0.5) is 24.5 Å². The molecule has 0 spiro atoms. The SMILES string of the molecule is N=CCC(=Nc1ccccc1)c1nn(-c2ccc(N3CCC(F)(F)C3)cc2F)ccc1=O. The Morgan fingerprint density at radius 1 is 1.19 bits per heavy atom. The van der Waals surface area contributed by atoms with Crippen LogP contribution in [-0.2, 0) is 0 Å². The molecule has 2 aromatic carbocycles. The van der Waals surface area contributed by atoms with Crippen LogP contribution in [0.5, 0.6) is 0 Å². The Bertz CT molecular complexity index is 1220. The van der Waals surface area contributed by atoms with E-state index in [1.165, 1.54) is 34.0 Å². The third-order valence-electron chi connectivity index (χ3n) is 5.11. The van der Waals surface area contributed by atoms with Gasteiger partial charge < -0.3 is 10.3 Å². The highest BCUT2D eigenvalue weighted by Crippen LogP contribution is 2.31. The first-order chi connectivity index (χ1) is 15.4. The second-order valence-corrected chi connectivity index (χ2v) is 7.44. The summed E-state index contributed by atoms with van der Waals surface area (Å²) in [5.41, 5.74) is 0.895. The monoisotopic (exact) mass is 439 g/mol. The molecule has 1 aliphatic rings. The van der Waals surface area contributed by atoms with E-state index in [2.05, 4.69) is 10.1 Å². The lowest BCUT2D eigenvalue weighted by Crippen LogP contribution is -2.25. The van der Waals surface area contributed by atoms with Crippen molar-refractivity contribution < 1.29 is 13.2 Å². The van der Waals surface area contributed by atoms with E-state index in [4.69, 9.17) is 5.41 Å². The molecule has 0 amide bonds. The minimum Gasteiger partial charge on any atom is -0.365 e. The summed E-state index contributed by atoms with van der Waals surface area (Å²) in [6.45, 7) is -0.301. The Hall–Kier alpha value is -3.75. The van der Waals surface area contributed by atoms with Gasteiger partial charge in [0.05, 0.1) is 17.9 Å². The average molecular weight is 439 g/mol. The molecule has 0 radical (unpaired) electrons. The van der Waals surface area contributed by atoms with Gasteiger partial charge in [-0.2, -0.15) is 5.10 Å². The van der Waals surface area contributed by atoms with Crippen LogP contribution in [-0.4, -0.2) is 40.7 Å². The van der Waals surface area contributed by atoms with Crippen LogP contribution < -0.4 is 10.3 Å². The van der Waals surface area contributed by atoms with Crippen molar-refractivity contribution in [1.29, 1.82) is 5.41 Å². The molecule has 1 saturated heterocycles. The maximum atomic E-state index is 14.9. The summed E-state index contributed by atoms with van der Waals surface area (Å²) < 4.78 is 43.1. The second-order valence-electron chi connectivity index (χ2n) is 7.44. The average Bonchev–Trinajstić information content (AvgIpc) is 3.14. The summed E-state index contributed by atoms with van der Waals surface area (Å²) in [6, 6.07) is 14.4. The molecule has 9 heteroatoms. The van der Waals surface area contributed by atoms with E-state index < -0.39 is 23.7 Å². The summed E-state index contributed by atoms with van der Waals surface area (Å²) in [4.78, 5) is 18.4. The Balaban J connectivity index is 1.70. The zero-order valence-electron chi connectivity index (χ0n) is 17.0. The van der Waals surface area contributed by atoms with Crippen LogP contribution in [0.25, 0.3) is 5.69 Å². The molecule has 0 saturated carbocycles. The Morgan fingerprint density at radius 2 is 1.97 bits per heavy atom. The van der Waals surface area contributed by atoms with Crippen molar-refractivity contribution >= 4 is 23.3 Å². The molecular weight excluding hydrogens is 419 g/mol. The first-order valence-electron chi connectivity index (χ1n) is 10.0. The zero-order valence-corrected chi connectivity index (χ0v) is 17.0. The number of aromatic nitrogens is 2. The number of benzene rings is 2. The summed E-state index contributed by atoms with van der Waals surface area (Å²) >= 11 is 0. The maximum absolute atomic E-state index is 14.9. The minimum absolute atomic E-state index is 0.00233. The van der Waals surface area contributed by atoms with Gasteiger partial charge in [0.2, 0.25) is 5.43 Å². The number of nitrogens with one attached hydrogen (secondary N) is 1. The standard InChI is InChI=1S/C23H20F3N5O/c24-18-14-17(30-13-10-23(25,26)15-30)6-7-20(18)31-12-9-21(32)22(29-31)19(8-11-27)28-16-4-2-1-3-5-16/h1-7,9,11-12,14,27H,8,10,13,15H2. The third-order valence-corrected chi connectivity index (χ3v) is 5.11. The van der Waals surface area contributed by atoms with Crippen molar-refractivity contribution in [3.63, 3.8) is 0 Å². The number of hydrogen-bond acceptors (Lipinski definition) is 5. The van der Waals surface area contributed by atoms with Gasteiger partial charge in [0, 0.05) is 43.6 Å². The van der Waals surface area contributed by atoms with E-state index >= 15 is 0 Å². The van der Waals surface area contributed by atoms with Crippen molar-refractivity contribution in [2.45, 2.75) is 18.8 Å². The van der Waals surface area contributed by atoms with Gasteiger partial charge in [-0.15, -0.1) is 0 Å². The third kappa shape index (κ3) is 4.61. The van der Waals surface area contributed by atoms with Crippen molar-refractivity contribution in [3.8, 4) is 5.69 Å². The Morgan fingerprint density at radius 3 is 2.62 bits per heavy atom. The number of nitrogens with zero attached hydrogens (tertiary/aromatic N) is 4. The maximum Gasteiger partial charge on any atom is 0.266 e. The van der Waals surface area contributed by atoms with Crippen molar-refractivity contribution in [3.05, 3.63) is 82.5 Å². The topological polar surface area (TPSA) is 74.3 Å². The highest BCUT2D eigenvalue weighted by atomic mass is 19.3. The molecule has 32 heavy (non-hydrogen) atoms. The van der Waals surface area contributed by atoms with Gasteiger partial charge in [0.25, 0.3) is 5.92 Å². The zero-order chi connectivity index (χ0) is 22.7. The van der Waals surface area contributed by atoms with Gasteiger partial charge in [-0.05, 0) is 30.3 Å². The predicted octanol–water partition coefficient (Wildman–Crippen LogP) is 4.38. The van der Waals surface area contributed by atoms with Gasteiger partial charge >= 0.3 is 0 Å². The largest absolute Gasteiger partial charge is 0.365 e. The lowest BCUT2D eigenvalue weighted by molar-refractivity contribution is 0.0257. The first kappa shape index (κ1) is 21.5. The lowest BCUT2D eigenvalue weighted by atomic mass is 10.2. The van der Waals surface area contributed by atoms with Crippen molar-refractivity contribution in [2.75, 3.05) is 18.0 Å². The molecule has 0 unspecified atom stereocenters. The Labute approximate surface area is 182 Å². The number of aliphatic imine (C=N–C) groups is 1. The number of halogens is 3. The Kier molecular flexibility index (Phi) is 5.89. The van der Waals surface area contributed by atoms with Gasteiger partial charge in [-0.25, -0.2) is 17.9 Å². The quantitative estimate of drug-likeness (QED) is 0.580. The highest BCUT2D eigenvalue weighted by Gasteiger charge is 2.38. The molecule has 3 aromatic rings. The first-order valence-corrected chi connectivity index (χ1v) is 10.0. The molecule has 0 atom stereocenters. The van der Waals surface area contributed by atoms with Crippen molar-refractivity contribution in [1.82, 2.24) is 9.78 Å². The molecule has 164 valence electrons. The van der Waals surface area contributed by atoms with Crippen molar-refractivity contribution in [2.24, 2.45) is 4.99 Å². The van der Waals surface area contributed by atoms with Crippen LogP contribution in [0.2, 0.25) is 0 Å². The molecule has 1 N–H and O–H groups in total. The van der Waals surface area contributed by atoms with E-state index in [9.17, 15) is 18.0 Å². The molecule has 0 bridgehead atoms. The summed E-state index contributed by atoms with van der Waals surface area (Å²) in [5.74, 6) is -3.44. The summed E-state index contributed by atoms with van der Waals surface area (Å²) in [5, 5.41) is 11.7. The van der Waals surface area contributed by atoms with E-state index in [1.807, 2.05) is 6.07 Å². The molecule has 1 fully saturated rings. The molecule has 1 aliphatic heterocycles. The minimum atomic E-state index is -2.78. The van der Waals surface area contributed by atoms with E-state index in [0.717, 1.165) is 6.21 Å². The molecular formula is C23H20F3N5O. The number of anilines is 1. The fourth-order valence-electron chi connectivity index (χ4n) is 3.53. The van der Waals surface area contributed by atoms with Crippen LogP contribution in [0.15, 0.2) is 70.6 Å². The van der Waals surface area contributed by atoms with Gasteiger partial charge in [0.1, 0.15) is 5.69 Å². The highest BCUT2D eigenvalue weighted by molar-refractivity contribution is 6.06. The van der Waals surface area contributed by atoms with Gasteiger partial charge in [0.15, 0.2) is 11.5 Å². The van der Waals surface area contributed by atoms with Crippen LogP contribution in [0.3, 0.4) is 0 Å². The van der Waals surface area contributed by atoms with Gasteiger partial charge in [-0.3, -0.25) is 9.79 Å². The number of rotatable bonds is 6. The molecule has 1 aromatic heterocycles. The molecule has 6 nitrogen and oxygen atoms in total. The van der Waals surface area contributed by atoms with E-state index in [1.54, 1.807) is 30.3 Å².